The first-order valence-corrected chi connectivity index (χ1v) is 5.24. The molecule has 0 aliphatic carbocycles. The van der Waals surface area contributed by atoms with Gasteiger partial charge in [-0.2, -0.15) is 4.98 Å². The molecule has 0 aliphatic heterocycles. The summed E-state index contributed by atoms with van der Waals surface area (Å²) in [6.45, 7) is 10.4. The molecule has 0 saturated heterocycles. The SMILES string of the molecule is C=CCNc1ccnc(N(CC)CC)n1. The van der Waals surface area contributed by atoms with Gasteiger partial charge in [0.1, 0.15) is 5.82 Å². The maximum Gasteiger partial charge on any atom is 0.227 e. The van der Waals surface area contributed by atoms with Gasteiger partial charge in [0.25, 0.3) is 0 Å². The van der Waals surface area contributed by atoms with Crippen LogP contribution in [0, 0.1) is 0 Å². The van der Waals surface area contributed by atoms with Gasteiger partial charge in [-0.25, -0.2) is 4.98 Å². The second-order valence-electron chi connectivity index (χ2n) is 3.08. The van der Waals surface area contributed by atoms with Crippen LogP contribution in [0.3, 0.4) is 0 Å². The standard InChI is InChI=1S/C11H18N4/c1-4-8-12-10-7-9-13-11(14-10)15(5-2)6-3/h4,7,9H,1,5-6,8H2,2-3H3,(H,12,13,14). The Morgan fingerprint density at radius 1 is 1.47 bits per heavy atom. The van der Waals surface area contributed by atoms with E-state index in [0.29, 0.717) is 6.54 Å². The summed E-state index contributed by atoms with van der Waals surface area (Å²) in [5.41, 5.74) is 0. The molecule has 1 rings (SSSR count). The fraction of sp³-hybridized carbons (Fsp3) is 0.455. The molecule has 4 nitrogen and oxygen atoms in total. The first kappa shape index (κ1) is 11.5. The van der Waals surface area contributed by atoms with Crippen LogP contribution < -0.4 is 10.2 Å². The van der Waals surface area contributed by atoms with E-state index in [-0.39, 0.29) is 0 Å². The van der Waals surface area contributed by atoms with Gasteiger partial charge >= 0.3 is 0 Å². The molecule has 1 N–H and O–H groups in total. The van der Waals surface area contributed by atoms with Gasteiger partial charge in [-0.05, 0) is 19.9 Å². The molecule has 0 amide bonds. The summed E-state index contributed by atoms with van der Waals surface area (Å²) in [7, 11) is 0. The maximum absolute atomic E-state index is 4.41. The van der Waals surface area contributed by atoms with Crippen molar-refractivity contribution in [2.75, 3.05) is 29.9 Å². The molecule has 0 aliphatic rings. The van der Waals surface area contributed by atoms with Crippen LogP contribution in [0.4, 0.5) is 11.8 Å². The normalized spacial score (nSPS) is 9.73. The summed E-state index contributed by atoms with van der Waals surface area (Å²) in [6, 6.07) is 1.86. The average Bonchev–Trinajstić information content (AvgIpc) is 2.29. The van der Waals surface area contributed by atoms with Crippen molar-refractivity contribution in [3.8, 4) is 0 Å². The molecule has 0 spiro atoms. The highest BCUT2D eigenvalue weighted by atomic mass is 15.3. The van der Waals surface area contributed by atoms with E-state index < -0.39 is 0 Å². The van der Waals surface area contributed by atoms with E-state index in [4.69, 9.17) is 0 Å². The molecular weight excluding hydrogens is 188 g/mol. The molecule has 0 unspecified atom stereocenters. The van der Waals surface area contributed by atoms with Gasteiger partial charge in [0.15, 0.2) is 0 Å². The lowest BCUT2D eigenvalue weighted by Gasteiger charge is -2.18. The topological polar surface area (TPSA) is 41.1 Å². The lowest BCUT2D eigenvalue weighted by atomic mass is 10.5. The third-order valence-corrected chi connectivity index (χ3v) is 2.12. The van der Waals surface area contributed by atoms with E-state index in [1.54, 1.807) is 12.3 Å². The Bertz CT molecular complexity index is 307. The van der Waals surface area contributed by atoms with Crippen molar-refractivity contribution in [2.45, 2.75) is 13.8 Å². The molecule has 0 fully saturated rings. The van der Waals surface area contributed by atoms with E-state index in [1.165, 1.54) is 0 Å². The Labute approximate surface area is 91.0 Å². The molecule has 15 heavy (non-hydrogen) atoms. The van der Waals surface area contributed by atoms with Crippen molar-refractivity contribution in [2.24, 2.45) is 0 Å². The van der Waals surface area contributed by atoms with Crippen LogP contribution >= 0.6 is 0 Å². The molecule has 0 radical (unpaired) electrons. The molecule has 82 valence electrons. The summed E-state index contributed by atoms with van der Waals surface area (Å²) in [6.07, 6.45) is 3.57. The number of hydrogen-bond acceptors (Lipinski definition) is 4. The van der Waals surface area contributed by atoms with Gasteiger partial charge < -0.3 is 10.2 Å². The Kier molecular flexibility index (Phi) is 4.60. The second-order valence-corrected chi connectivity index (χ2v) is 3.08. The molecule has 0 aromatic carbocycles. The number of nitrogens with zero attached hydrogens (tertiary/aromatic N) is 3. The molecule has 0 saturated carbocycles. The van der Waals surface area contributed by atoms with Crippen LogP contribution in [-0.2, 0) is 0 Å². The summed E-state index contributed by atoms with van der Waals surface area (Å²) in [4.78, 5) is 10.8. The largest absolute Gasteiger partial charge is 0.366 e. The Morgan fingerprint density at radius 2 is 2.20 bits per heavy atom. The molecule has 1 heterocycles. The number of aromatic nitrogens is 2. The summed E-state index contributed by atoms with van der Waals surface area (Å²) < 4.78 is 0. The zero-order chi connectivity index (χ0) is 11.1. The van der Waals surface area contributed by atoms with E-state index in [1.807, 2.05) is 6.07 Å². The number of nitrogens with one attached hydrogen (secondary N) is 1. The predicted molar refractivity (Wildman–Crippen MR) is 64.3 cm³/mol. The van der Waals surface area contributed by atoms with Crippen molar-refractivity contribution in [1.82, 2.24) is 9.97 Å². The van der Waals surface area contributed by atoms with Crippen LogP contribution in [-0.4, -0.2) is 29.6 Å². The third-order valence-electron chi connectivity index (χ3n) is 2.12. The molecule has 1 aromatic heterocycles. The molecule has 1 aromatic rings. The Morgan fingerprint density at radius 3 is 2.80 bits per heavy atom. The fourth-order valence-electron chi connectivity index (χ4n) is 1.28. The Balaban J connectivity index is 2.76. The Hall–Kier alpha value is -1.58. The highest BCUT2D eigenvalue weighted by molar-refractivity contribution is 5.41. The molecule has 0 atom stereocenters. The van der Waals surface area contributed by atoms with Crippen molar-refractivity contribution in [3.05, 3.63) is 24.9 Å². The van der Waals surface area contributed by atoms with Gasteiger partial charge in [-0.3, -0.25) is 0 Å². The first-order valence-electron chi connectivity index (χ1n) is 5.24. The number of rotatable bonds is 6. The summed E-state index contributed by atoms with van der Waals surface area (Å²) >= 11 is 0. The van der Waals surface area contributed by atoms with Crippen molar-refractivity contribution >= 4 is 11.8 Å². The van der Waals surface area contributed by atoms with Gasteiger partial charge in [0.05, 0.1) is 0 Å². The third kappa shape index (κ3) is 3.23. The average molecular weight is 206 g/mol. The monoisotopic (exact) mass is 206 g/mol. The minimum absolute atomic E-state index is 0.717. The van der Waals surface area contributed by atoms with Crippen molar-refractivity contribution in [3.63, 3.8) is 0 Å². The number of anilines is 2. The summed E-state index contributed by atoms with van der Waals surface area (Å²) in [5, 5.41) is 3.14. The summed E-state index contributed by atoms with van der Waals surface area (Å²) in [5.74, 6) is 1.61. The minimum Gasteiger partial charge on any atom is -0.366 e. The highest BCUT2D eigenvalue weighted by Gasteiger charge is 2.04. The maximum atomic E-state index is 4.41. The van der Waals surface area contributed by atoms with Gasteiger partial charge in [0.2, 0.25) is 5.95 Å². The highest BCUT2D eigenvalue weighted by Crippen LogP contribution is 2.09. The van der Waals surface area contributed by atoms with Gasteiger partial charge in [0, 0.05) is 25.8 Å². The molecular formula is C11H18N4. The van der Waals surface area contributed by atoms with E-state index >= 15 is 0 Å². The van der Waals surface area contributed by atoms with Gasteiger partial charge in [-0.15, -0.1) is 6.58 Å². The van der Waals surface area contributed by atoms with E-state index in [2.05, 4.69) is 40.6 Å². The van der Waals surface area contributed by atoms with Crippen LogP contribution in [0.25, 0.3) is 0 Å². The van der Waals surface area contributed by atoms with Crippen molar-refractivity contribution in [1.29, 1.82) is 0 Å². The van der Waals surface area contributed by atoms with Crippen molar-refractivity contribution < 1.29 is 0 Å². The lowest BCUT2D eigenvalue weighted by molar-refractivity contribution is 0.821. The zero-order valence-electron chi connectivity index (χ0n) is 9.40. The van der Waals surface area contributed by atoms with E-state index in [0.717, 1.165) is 24.9 Å². The molecule has 0 bridgehead atoms. The van der Waals surface area contributed by atoms with Crippen LogP contribution in [0.2, 0.25) is 0 Å². The van der Waals surface area contributed by atoms with Gasteiger partial charge in [-0.1, -0.05) is 6.08 Å². The number of hydrogen-bond donors (Lipinski definition) is 1. The van der Waals surface area contributed by atoms with Crippen LogP contribution in [0.15, 0.2) is 24.9 Å². The van der Waals surface area contributed by atoms with Crippen LogP contribution in [0.1, 0.15) is 13.8 Å². The quantitative estimate of drug-likeness (QED) is 0.722. The zero-order valence-corrected chi connectivity index (χ0v) is 9.40. The molecule has 4 heteroatoms. The first-order chi connectivity index (χ1) is 7.31. The predicted octanol–water partition coefficient (Wildman–Crippen LogP) is 1.92. The smallest absolute Gasteiger partial charge is 0.227 e. The lowest BCUT2D eigenvalue weighted by Crippen LogP contribution is -2.24. The minimum atomic E-state index is 0.717. The fourth-order valence-corrected chi connectivity index (χ4v) is 1.28. The van der Waals surface area contributed by atoms with E-state index in [9.17, 15) is 0 Å². The van der Waals surface area contributed by atoms with Crippen LogP contribution in [0.5, 0.6) is 0 Å². The second kappa shape index (κ2) is 6.01.